The largest absolute Gasteiger partial charge is 0.508 e. The Kier molecular flexibility index (Phi) is 15.3. The average molecular weight is 825 g/mol. The lowest BCUT2D eigenvalue weighted by atomic mass is 9.88. The smallest absolute Gasteiger partial charge is 0.426 e. The summed E-state index contributed by atoms with van der Waals surface area (Å²) < 4.78 is 11.1. The standard InChI is InChI=1S/C44H43Cl2N5O7/c1-29(32-18-24-37(52)25-19-32)50(41(54)39(33-14-20-35(45)21-15-33)34-16-22-36(46)23-17-34)38(13-8-26-49-42(47)48)40(53)51(43(55)57-27-30-9-4-2-5-10-30)44(56)58-28-31-11-6-3-7-12-31/h2-7,9-12,14-25,29,38-39,52H,8,13,26-28H2,1H3,(H4,47,48,49)/t29?,38-/m1/s1. The number of phenols is 1. The van der Waals surface area contributed by atoms with E-state index >= 15 is 9.59 Å². The van der Waals surface area contributed by atoms with E-state index in [-0.39, 0.29) is 44.3 Å². The molecule has 0 spiro atoms. The van der Waals surface area contributed by atoms with E-state index in [1.807, 2.05) is 0 Å². The van der Waals surface area contributed by atoms with Crippen molar-refractivity contribution in [2.75, 3.05) is 6.54 Å². The fourth-order valence-corrected chi connectivity index (χ4v) is 6.56. The highest BCUT2D eigenvalue weighted by Crippen LogP contribution is 2.35. The van der Waals surface area contributed by atoms with Crippen molar-refractivity contribution in [2.45, 2.75) is 51.0 Å². The molecular weight excluding hydrogens is 781 g/mol. The molecule has 0 aromatic heterocycles. The number of guanidine groups is 1. The van der Waals surface area contributed by atoms with Crippen molar-refractivity contribution in [1.29, 1.82) is 0 Å². The maximum absolute atomic E-state index is 15.5. The van der Waals surface area contributed by atoms with Crippen LogP contribution in [0.2, 0.25) is 10.0 Å². The SMILES string of the molecule is CC(c1ccc(O)cc1)N(C(=O)C(c1ccc(Cl)cc1)c1ccc(Cl)cc1)[C@H](CCCN=C(N)N)C(=O)N(C(=O)OCc1ccccc1)C(=O)OCc1ccccc1. The van der Waals surface area contributed by atoms with Crippen molar-refractivity contribution in [3.05, 3.63) is 171 Å². The van der Waals surface area contributed by atoms with Crippen LogP contribution < -0.4 is 11.5 Å². The summed E-state index contributed by atoms with van der Waals surface area (Å²) in [6, 6.07) is 34.5. The first-order chi connectivity index (χ1) is 27.9. The zero-order valence-electron chi connectivity index (χ0n) is 31.6. The van der Waals surface area contributed by atoms with Gasteiger partial charge >= 0.3 is 12.2 Å². The molecule has 4 amide bonds. The van der Waals surface area contributed by atoms with Gasteiger partial charge in [-0.05, 0) is 84.0 Å². The highest BCUT2D eigenvalue weighted by atomic mass is 35.5. The molecule has 14 heteroatoms. The van der Waals surface area contributed by atoms with Gasteiger partial charge in [-0.2, -0.15) is 0 Å². The Hall–Kier alpha value is -6.37. The van der Waals surface area contributed by atoms with Gasteiger partial charge in [-0.1, -0.05) is 120 Å². The van der Waals surface area contributed by atoms with Gasteiger partial charge in [0, 0.05) is 16.6 Å². The highest BCUT2D eigenvalue weighted by molar-refractivity contribution is 6.30. The highest BCUT2D eigenvalue weighted by Gasteiger charge is 2.44. The van der Waals surface area contributed by atoms with Crippen LogP contribution in [0.4, 0.5) is 9.59 Å². The second-order valence-electron chi connectivity index (χ2n) is 13.3. The van der Waals surface area contributed by atoms with Crippen LogP contribution in [-0.4, -0.2) is 57.5 Å². The number of amides is 4. The molecule has 1 unspecified atom stereocenters. The molecule has 5 aromatic carbocycles. The van der Waals surface area contributed by atoms with Crippen LogP contribution in [-0.2, 0) is 32.3 Å². The van der Waals surface area contributed by atoms with Crippen LogP contribution in [0.3, 0.4) is 0 Å². The van der Waals surface area contributed by atoms with Gasteiger partial charge in [-0.15, -0.1) is 4.90 Å². The number of phenolic OH excluding ortho intramolecular Hbond substituents is 1. The van der Waals surface area contributed by atoms with Gasteiger partial charge in [0.25, 0.3) is 5.91 Å². The molecule has 0 fully saturated rings. The summed E-state index contributed by atoms with van der Waals surface area (Å²) in [5.74, 6) is -2.90. The number of hydrogen-bond donors (Lipinski definition) is 3. The first-order valence-electron chi connectivity index (χ1n) is 18.4. The Bertz CT molecular complexity index is 2070. The lowest BCUT2D eigenvalue weighted by Crippen LogP contribution is -2.56. The molecule has 5 aromatic rings. The molecule has 2 atom stereocenters. The number of aromatic hydroxyl groups is 1. The molecule has 5 N–H and O–H groups in total. The van der Waals surface area contributed by atoms with E-state index in [1.54, 1.807) is 128 Å². The first-order valence-corrected chi connectivity index (χ1v) is 19.1. The predicted molar refractivity (Wildman–Crippen MR) is 222 cm³/mol. The predicted octanol–water partition coefficient (Wildman–Crippen LogP) is 8.35. The third-order valence-electron chi connectivity index (χ3n) is 9.25. The van der Waals surface area contributed by atoms with E-state index < -0.39 is 42.0 Å². The van der Waals surface area contributed by atoms with E-state index in [4.69, 9.17) is 44.1 Å². The van der Waals surface area contributed by atoms with Gasteiger partial charge in [0.1, 0.15) is 25.0 Å². The van der Waals surface area contributed by atoms with E-state index in [0.29, 0.717) is 42.8 Å². The molecule has 0 saturated carbocycles. The third kappa shape index (κ3) is 11.6. The lowest BCUT2D eigenvalue weighted by molar-refractivity contribution is -0.147. The minimum atomic E-state index is -1.51. The Morgan fingerprint density at radius 3 is 1.55 bits per heavy atom. The summed E-state index contributed by atoms with van der Waals surface area (Å²) in [6.07, 6.45) is -2.60. The maximum Gasteiger partial charge on any atom is 0.426 e. The van der Waals surface area contributed by atoms with Crippen molar-refractivity contribution in [2.24, 2.45) is 16.5 Å². The Labute approximate surface area is 346 Å². The van der Waals surface area contributed by atoms with Crippen LogP contribution in [0.15, 0.2) is 138 Å². The van der Waals surface area contributed by atoms with E-state index in [0.717, 1.165) is 0 Å². The Morgan fingerprint density at radius 1 is 0.655 bits per heavy atom. The van der Waals surface area contributed by atoms with Gasteiger partial charge in [0.2, 0.25) is 5.91 Å². The Balaban J connectivity index is 1.65. The number of imide groups is 3. The number of rotatable bonds is 15. The summed E-state index contributed by atoms with van der Waals surface area (Å²) in [4.78, 5) is 64.4. The van der Waals surface area contributed by atoms with Crippen LogP contribution >= 0.6 is 23.2 Å². The molecule has 0 saturated heterocycles. The number of aliphatic imine (C=N–C) groups is 1. The van der Waals surface area contributed by atoms with Crippen LogP contribution in [0, 0.1) is 0 Å². The zero-order chi connectivity index (χ0) is 41.6. The molecule has 300 valence electrons. The second-order valence-corrected chi connectivity index (χ2v) is 14.1. The van der Waals surface area contributed by atoms with Gasteiger partial charge in [-0.25, -0.2) is 9.59 Å². The molecule has 0 heterocycles. The van der Waals surface area contributed by atoms with Crippen molar-refractivity contribution >= 4 is 53.2 Å². The fraction of sp³-hybridized carbons (Fsp3) is 0.205. The first kappa shape index (κ1) is 42.8. The molecule has 12 nitrogen and oxygen atoms in total. The number of nitrogens with two attached hydrogens (primary N) is 2. The number of halogens is 2. The third-order valence-corrected chi connectivity index (χ3v) is 9.75. The molecule has 5 rings (SSSR count). The normalized spacial score (nSPS) is 11.9. The summed E-state index contributed by atoms with van der Waals surface area (Å²) >= 11 is 12.6. The monoisotopic (exact) mass is 823 g/mol. The van der Waals surface area contributed by atoms with E-state index in [1.165, 1.54) is 17.0 Å². The number of nitrogens with zero attached hydrogens (tertiary/aromatic N) is 3. The van der Waals surface area contributed by atoms with Crippen LogP contribution in [0.1, 0.15) is 59.5 Å². The van der Waals surface area contributed by atoms with E-state index in [9.17, 15) is 14.7 Å². The van der Waals surface area contributed by atoms with Gasteiger partial charge < -0.3 is 30.9 Å². The number of benzene rings is 5. The van der Waals surface area contributed by atoms with Gasteiger partial charge in [-0.3, -0.25) is 14.6 Å². The molecule has 0 bridgehead atoms. The minimum Gasteiger partial charge on any atom is -0.508 e. The fourth-order valence-electron chi connectivity index (χ4n) is 6.31. The van der Waals surface area contributed by atoms with Crippen molar-refractivity contribution < 1.29 is 33.8 Å². The number of carbonyl (C=O) groups excluding carboxylic acids is 4. The van der Waals surface area contributed by atoms with Gasteiger partial charge in [0.15, 0.2) is 5.96 Å². The molecule has 0 radical (unpaired) electrons. The average Bonchev–Trinajstić information content (AvgIpc) is 3.22. The molecule has 0 aliphatic carbocycles. The minimum absolute atomic E-state index is 0.0209. The number of hydrogen-bond acceptors (Lipinski definition) is 8. The molecular formula is C44H43Cl2N5O7. The lowest BCUT2D eigenvalue weighted by Gasteiger charge is -2.39. The Morgan fingerprint density at radius 2 is 1.10 bits per heavy atom. The zero-order valence-corrected chi connectivity index (χ0v) is 33.1. The summed E-state index contributed by atoms with van der Waals surface area (Å²) in [7, 11) is 0. The van der Waals surface area contributed by atoms with E-state index in [2.05, 4.69) is 4.99 Å². The summed E-state index contributed by atoms with van der Waals surface area (Å²) in [6.45, 7) is 1.21. The van der Waals surface area contributed by atoms with Crippen LogP contribution in [0.5, 0.6) is 5.75 Å². The number of carbonyl (C=O) groups is 4. The van der Waals surface area contributed by atoms with Crippen molar-refractivity contribution in [3.8, 4) is 5.75 Å². The van der Waals surface area contributed by atoms with Crippen molar-refractivity contribution in [1.82, 2.24) is 9.80 Å². The maximum atomic E-state index is 15.5. The number of ether oxygens (including phenoxy) is 2. The molecule has 0 aliphatic heterocycles. The summed E-state index contributed by atoms with van der Waals surface area (Å²) in [5.41, 5.74) is 14.0. The molecule has 0 aliphatic rings. The van der Waals surface area contributed by atoms with Crippen LogP contribution in [0.25, 0.3) is 0 Å². The van der Waals surface area contributed by atoms with Gasteiger partial charge in [0.05, 0.1) is 12.0 Å². The summed E-state index contributed by atoms with van der Waals surface area (Å²) in [5, 5.41) is 11.0. The van der Waals surface area contributed by atoms with Crippen molar-refractivity contribution in [3.63, 3.8) is 0 Å². The topological polar surface area (TPSA) is 178 Å². The molecule has 58 heavy (non-hydrogen) atoms. The quantitative estimate of drug-likeness (QED) is 0.0532. The second kappa shape index (κ2) is 20.7.